The third-order valence-corrected chi connectivity index (χ3v) is 9.85. The van der Waals surface area contributed by atoms with E-state index in [4.69, 9.17) is 33.1 Å². The van der Waals surface area contributed by atoms with Crippen LogP contribution < -0.4 is 0 Å². The zero-order chi connectivity index (χ0) is 38.2. The van der Waals surface area contributed by atoms with Gasteiger partial charge in [0.05, 0.1) is 75.7 Å². The molecule has 0 N–H and O–H groups in total. The van der Waals surface area contributed by atoms with Crippen LogP contribution in [-0.2, 0) is 6.18 Å². The Bertz CT molecular complexity index is 3080. The summed E-state index contributed by atoms with van der Waals surface area (Å²) < 4.78 is 39.7. The average molecular weight is 717 g/mol. The van der Waals surface area contributed by atoms with Gasteiger partial charge in [0.15, 0.2) is 0 Å². The van der Waals surface area contributed by atoms with Crippen molar-refractivity contribution in [3.05, 3.63) is 165 Å². The topological polar surface area (TPSA) is 108 Å². The summed E-state index contributed by atoms with van der Waals surface area (Å²) in [5.41, 5.74) is 9.74. The van der Waals surface area contributed by atoms with E-state index in [1.807, 2.05) is 61.5 Å². The number of fused-ring (bicyclic) bond motifs is 8. The summed E-state index contributed by atoms with van der Waals surface area (Å²) in [6.45, 7) is 17.6. The Hall–Kier alpha value is -7.99. The first-order valence-corrected chi connectivity index (χ1v) is 16.7. The fourth-order valence-corrected chi connectivity index (χ4v) is 7.21. The van der Waals surface area contributed by atoms with Gasteiger partial charge < -0.3 is 0 Å². The zero-order valence-corrected chi connectivity index (χ0v) is 28.4. The largest absolute Gasteiger partial charge is 0.416 e. The maximum absolute atomic E-state index is 13.2. The molecule has 9 rings (SSSR count). The number of hydrogen-bond acceptors (Lipinski definition) is 6. The summed E-state index contributed by atoms with van der Waals surface area (Å²) >= 11 is 0. The second-order valence-electron chi connectivity index (χ2n) is 13.0. The number of alkyl halides is 3. The molecular formula is C44H19F3N8. The monoisotopic (exact) mass is 716 g/mol. The highest BCUT2D eigenvalue weighted by molar-refractivity contribution is 6.07. The molecular weight excluding hydrogens is 698 g/mol. The molecule has 0 spiro atoms. The Kier molecular flexibility index (Phi) is 7.20. The van der Waals surface area contributed by atoms with Gasteiger partial charge in [-0.3, -0.25) is 0 Å². The first kappa shape index (κ1) is 32.9. The van der Waals surface area contributed by atoms with Crippen LogP contribution in [0, 0.1) is 42.7 Å². The van der Waals surface area contributed by atoms with E-state index in [1.165, 1.54) is 12.1 Å². The number of hydrogen-bond donors (Lipinski definition) is 0. The lowest BCUT2D eigenvalue weighted by atomic mass is 9.97. The van der Waals surface area contributed by atoms with E-state index >= 15 is 0 Å². The van der Waals surface area contributed by atoms with Gasteiger partial charge in [0.2, 0.25) is 0 Å². The van der Waals surface area contributed by atoms with Gasteiger partial charge in [-0.05, 0) is 76.7 Å². The van der Waals surface area contributed by atoms with E-state index in [2.05, 4.69) is 9.69 Å². The Morgan fingerprint density at radius 2 is 0.909 bits per heavy atom. The molecule has 0 fully saturated rings. The van der Waals surface area contributed by atoms with Gasteiger partial charge in [-0.2, -0.15) is 13.2 Å². The van der Waals surface area contributed by atoms with Crippen LogP contribution in [0.1, 0.15) is 33.6 Å². The zero-order valence-electron chi connectivity index (χ0n) is 28.4. The molecule has 256 valence electrons. The molecule has 0 saturated carbocycles. The molecule has 2 aliphatic carbocycles. The number of aromatic nitrogens is 4. The van der Waals surface area contributed by atoms with Crippen molar-refractivity contribution < 1.29 is 13.2 Å². The van der Waals surface area contributed by atoms with Crippen molar-refractivity contribution >= 4 is 33.2 Å². The van der Waals surface area contributed by atoms with Crippen LogP contribution in [0.5, 0.6) is 0 Å². The minimum Gasteiger partial charge on any atom is -0.245 e. The van der Waals surface area contributed by atoms with Crippen LogP contribution in [0.3, 0.4) is 0 Å². The van der Waals surface area contributed by atoms with Crippen molar-refractivity contribution in [3.63, 3.8) is 0 Å². The Labute approximate surface area is 311 Å². The highest BCUT2D eigenvalue weighted by atomic mass is 19.4. The van der Waals surface area contributed by atoms with E-state index in [-0.39, 0.29) is 17.0 Å². The molecule has 0 bridgehead atoms. The van der Waals surface area contributed by atoms with Crippen LogP contribution in [0.2, 0.25) is 0 Å². The first-order chi connectivity index (χ1) is 26.6. The van der Waals surface area contributed by atoms with Gasteiger partial charge in [0.25, 0.3) is 11.4 Å². The fourth-order valence-electron chi connectivity index (χ4n) is 7.21. The van der Waals surface area contributed by atoms with Gasteiger partial charge >= 0.3 is 6.18 Å². The number of rotatable bonds is 2. The molecule has 8 nitrogen and oxygen atoms in total. The van der Waals surface area contributed by atoms with E-state index < -0.39 is 11.7 Å². The van der Waals surface area contributed by atoms with Crippen molar-refractivity contribution in [3.8, 4) is 56.9 Å². The summed E-state index contributed by atoms with van der Waals surface area (Å²) in [6.07, 6.45) is -4.48. The Morgan fingerprint density at radius 1 is 0.527 bits per heavy atom. The molecule has 0 atom stereocenters. The summed E-state index contributed by atoms with van der Waals surface area (Å²) in [5.74, 6) is 0. The number of nitriles is 2. The minimum atomic E-state index is -4.48. The molecule has 2 heterocycles. The van der Waals surface area contributed by atoms with Crippen molar-refractivity contribution in [2.45, 2.75) is 13.1 Å². The average Bonchev–Trinajstić information content (AvgIpc) is 3.67. The third kappa shape index (κ3) is 5.11. The van der Waals surface area contributed by atoms with E-state index in [9.17, 15) is 23.7 Å². The predicted molar refractivity (Wildman–Crippen MR) is 201 cm³/mol. The van der Waals surface area contributed by atoms with E-state index in [1.54, 1.807) is 30.3 Å². The predicted octanol–water partition coefficient (Wildman–Crippen LogP) is 10.6. The Balaban J connectivity index is 1.21. The van der Waals surface area contributed by atoms with Crippen LogP contribution in [-0.4, -0.2) is 19.9 Å². The quantitative estimate of drug-likeness (QED) is 0.100. The Morgan fingerprint density at radius 3 is 1.29 bits per heavy atom. The minimum absolute atomic E-state index is 0.112. The third-order valence-electron chi connectivity index (χ3n) is 9.85. The number of nitrogens with zero attached hydrogens (tertiary/aromatic N) is 8. The molecule has 11 heteroatoms. The van der Waals surface area contributed by atoms with Crippen molar-refractivity contribution in [2.24, 2.45) is 0 Å². The standard InChI is InChI=1S/C44H19F3N8/c1-22-4-6-23(7-5-22)25-10-14-28-30(16-25)38(36(20-48)50-2)42-40(28)52-32-18-33-35(19-34(32)54-42)55-43-39(37(21-49)51-3)31-17-26(11-15-29(31)41(43)53-33)24-8-12-27(13-9-24)44(45,46)47/h4-19H,1H3/b38-36+,39-37-. The first-order valence-electron chi connectivity index (χ1n) is 16.7. The fraction of sp³-hybridized carbons (Fsp3) is 0.0455. The molecule has 0 saturated heterocycles. The maximum Gasteiger partial charge on any atom is 0.416 e. The van der Waals surface area contributed by atoms with Gasteiger partial charge in [0.1, 0.15) is 0 Å². The molecule has 0 amide bonds. The van der Waals surface area contributed by atoms with Crippen LogP contribution in [0.15, 0.2) is 108 Å². The van der Waals surface area contributed by atoms with Gasteiger partial charge in [-0.1, -0.05) is 66.2 Å². The molecule has 7 aromatic rings. The lowest BCUT2D eigenvalue weighted by Crippen LogP contribution is -2.03. The van der Waals surface area contributed by atoms with E-state index in [0.717, 1.165) is 34.4 Å². The van der Waals surface area contributed by atoms with E-state index in [0.29, 0.717) is 78.2 Å². The lowest BCUT2D eigenvalue weighted by molar-refractivity contribution is -0.137. The maximum atomic E-state index is 13.2. The smallest absolute Gasteiger partial charge is 0.245 e. The summed E-state index contributed by atoms with van der Waals surface area (Å²) in [7, 11) is 0. The molecule has 5 aromatic carbocycles. The lowest BCUT2D eigenvalue weighted by Gasteiger charge is -2.09. The van der Waals surface area contributed by atoms with Crippen molar-refractivity contribution in [1.29, 1.82) is 10.5 Å². The molecule has 0 unspecified atom stereocenters. The van der Waals surface area contributed by atoms with Crippen LogP contribution in [0.4, 0.5) is 13.2 Å². The SMILES string of the molecule is [C-]#[N+]/C(C#N)=C1/c2cc(-c3ccc(C(F)(F)F)cc3)ccc2-c2nc3cc4nc5c(nc4cc3nc21)/C(=C(\C#N)[N+]#[C-])c1cc(-c2ccc(C)cc2)ccc1-5. The van der Waals surface area contributed by atoms with Crippen molar-refractivity contribution in [2.75, 3.05) is 0 Å². The number of benzene rings is 5. The normalized spacial score (nSPS) is 14.2. The molecule has 2 aliphatic rings. The number of allylic oxidation sites excluding steroid dienone is 2. The summed E-state index contributed by atoms with van der Waals surface area (Å²) in [6, 6.07) is 31.4. The second kappa shape index (κ2) is 12.0. The highest BCUT2D eigenvalue weighted by Gasteiger charge is 2.33. The number of halogens is 3. The van der Waals surface area contributed by atoms with Gasteiger partial charge in [0, 0.05) is 22.3 Å². The summed E-state index contributed by atoms with van der Waals surface area (Å²) in [5, 5.41) is 20.0. The van der Waals surface area contributed by atoms with Gasteiger partial charge in [-0.25, -0.2) is 40.1 Å². The molecule has 0 aliphatic heterocycles. The van der Waals surface area contributed by atoms with Gasteiger partial charge in [-0.15, -0.1) is 0 Å². The van der Waals surface area contributed by atoms with Crippen LogP contribution >= 0.6 is 0 Å². The molecule has 0 radical (unpaired) electrons. The second-order valence-corrected chi connectivity index (χ2v) is 13.0. The molecule has 55 heavy (non-hydrogen) atoms. The summed E-state index contributed by atoms with van der Waals surface area (Å²) in [4.78, 5) is 26.8. The molecule has 2 aromatic heterocycles. The van der Waals surface area contributed by atoms with Crippen molar-refractivity contribution in [1.82, 2.24) is 19.9 Å². The van der Waals surface area contributed by atoms with Crippen LogP contribution in [0.25, 0.3) is 87.7 Å². The number of aryl methyl sites for hydroxylation is 1. The highest BCUT2D eigenvalue weighted by Crippen LogP contribution is 2.48.